The molecule has 7 heteroatoms. The van der Waals surface area contributed by atoms with Gasteiger partial charge in [0.2, 0.25) is 5.95 Å². The summed E-state index contributed by atoms with van der Waals surface area (Å²) in [6.07, 6.45) is 0. The van der Waals surface area contributed by atoms with Gasteiger partial charge in [-0.2, -0.15) is 4.98 Å². The second-order valence-corrected chi connectivity index (χ2v) is 6.36. The van der Waals surface area contributed by atoms with Crippen LogP contribution in [0.1, 0.15) is 11.1 Å². The van der Waals surface area contributed by atoms with E-state index in [0.29, 0.717) is 23.7 Å². The van der Waals surface area contributed by atoms with Gasteiger partial charge in [-0.3, -0.25) is 13.9 Å². The molecule has 0 aliphatic carbocycles. The number of imidazole rings is 1. The Balaban J connectivity index is 1.98. The van der Waals surface area contributed by atoms with Crippen LogP contribution in [0.2, 0.25) is 0 Å². The highest BCUT2D eigenvalue weighted by atomic mass is 16.2. The van der Waals surface area contributed by atoms with Gasteiger partial charge < -0.3 is 9.47 Å². The van der Waals surface area contributed by atoms with Crippen LogP contribution in [0.5, 0.6) is 0 Å². The molecular weight excluding hydrogens is 306 g/mol. The van der Waals surface area contributed by atoms with Crippen molar-refractivity contribution in [2.45, 2.75) is 20.4 Å². The lowest BCUT2D eigenvalue weighted by Crippen LogP contribution is -2.37. The Kier molecular flexibility index (Phi) is 2.97. The first kappa shape index (κ1) is 14.7. The molecule has 0 radical (unpaired) electrons. The summed E-state index contributed by atoms with van der Waals surface area (Å²) in [6.45, 7) is 5.59. The summed E-state index contributed by atoms with van der Waals surface area (Å²) in [7, 11) is 3.15. The lowest BCUT2D eigenvalue weighted by Gasteiger charge is -2.17. The average Bonchev–Trinajstić information content (AvgIpc) is 3.12. The minimum Gasteiger partial charge on any atom is -0.310 e. The van der Waals surface area contributed by atoms with E-state index in [1.165, 1.54) is 22.7 Å². The molecule has 2 aromatic heterocycles. The Hall–Kier alpha value is -2.83. The zero-order valence-electron chi connectivity index (χ0n) is 14.2. The molecule has 0 spiro atoms. The third-order valence-electron chi connectivity index (χ3n) is 4.92. The molecule has 3 heterocycles. The molecule has 0 fully saturated rings. The minimum absolute atomic E-state index is 0.297. The van der Waals surface area contributed by atoms with Crippen molar-refractivity contribution in [3.8, 4) is 0 Å². The van der Waals surface area contributed by atoms with E-state index >= 15 is 0 Å². The summed E-state index contributed by atoms with van der Waals surface area (Å²) < 4.78 is 4.48. The Morgan fingerprint density at radius 1 is 1.00 bits per heavy atom. The molecule has 124 valence electrons. The fourth-order valence-corrected chi connectivity index (χ4v) is 3.29. The van der Waals surface area contributed by atoms with Crippen molar-refractivity contribution in [2.24, 2.45) is 14.1 Å². The molecule has 3 aromatic rings. The maximum atomic E-state index is 12.5. The van der Waals surface area contributed by atoms with Gasteiger partial charge in [0, 0.05) is 32.9 Å². The standard InChI is InChI=1S/C17H19N5O2/c1-10-5-6-12(9-11(10)2)21-7-8-22-13-14(18-16(21)22)19(3)17(24)20(4)15(13)23/h5-6,9H,7-8H2,1-4H3. The van der Waals surface area contributed by atoms with E-state index in [1.54, 1.807) is 7.05 Å². The Bertz CT molecular complexity index is 1100. The summed E-state index contributed by atoms with van der Waals surface area (Å²) >= 11 is 0. The Morgan fingerprint density at radius 3 is 2.46 bits per heavy atom. The Labute approximate surface area is 138 Å². The predicted octanol–water partition coefficient (Wildman–Crippen LogP) is 1.20. The third-order valence-corrected chi connectivity index (χ3v) is 4.92. The molecule has 1 aromatic carbocycles. The monoisotopic (exact) mass is 325 g/mol. The molecule has 0 atom stereocenters. The number of nitrogens with zero attached hydrogens (tertiary/aromatic N) is 5. The number of rotatable bonds is 1. The summed E-state index contributed by atoms with van der Waals surface area (Å²) in [5.41, 5.74) is 3.77. The first-order valence-corrected chi connectivity index (χ1v) is 7.91. The van der Waals surface area contributed by atoms with Crippen LogP contribution in [-0.4, -0.2) is 25.2 Å². The van der Waals surface area contributed by atoms with Gasteiger partial charge in [-0.05, 0) is 37.1 Å². The first-order chi connectivity index (χ1) is 11.4. The molecule has 0 unspecified atom stereocenters. The van der Waals surface area contributed by atoms with Gasteiger partial charge >= 0.3 is 5.69 Å². The summed E-state index contributed by atoms with van der Waals surface area (Å²) in [5, 5.41) is 0. The summed E-state index contributed by atoms with van der Waals surface area (Å²) in [5.74, 6) is 0.714. The predicted molar refractivity (Wildman–Crippen MR) is 93.1 cm³/mol. The van der Waals surface area contributed by atoms with Crippen molar-refractivity contribution < 1.29 is 0 Å². The van der Waals surface area contributed by atoms with E-state index < -0.39 is 0 Å². The number of hydrogen-bond acceptors (Lipinski definition) is 4. The fourth-order valence-electron chi connectivity index (χ4n) is 3.29. The highest BCUT2D eigenvalue weighted by Gasteiger charge is 2.28. The first-order valence-electron chi connectivity index (χ1n) is 7.91. The van der Waals surface area contributed by atoms with Crippen molar-refractivity contribution in [2.75, 3.05) is 11.4 Å². The van der Waals surface area contributed by atoms with Crippen molar-refractivity contribution in [3.05, 3.63) is 50.2 Å². The van der Waals surface area contributed by atoms with Crippen LogP contribution in [0.3, 0.4) is 0 Å². The van der Waals surface area contributed by atoms with Gasteiger partial charge in [0.15, 0.2) is 11.2 Å². The van der Waals surface area contributed by atoms with Crippen LogP contribution in [0.4, 0.5) is 11.6 Å². The molecule has 0 N–H and O–H groups in total. The van der Waals surface area contributed by atoms with E-state index in [1.807, 2.05) is 4.57 Å². The van der Waals surface area contributed by atoms with E-state index in [9.17, 15) is 9.59 Å². The minimum atomic E-state index is -0.359. The summed E-state index contributed by atoms with van der Waals surface area (Å²) in [4.78, 5) is 31.4. The third kappa shape index (κ3) is 1.81. The summed E-state index contributed by atoms with van der Waals surface area (Å²) in [6, 6.07) is 6.28. The zero-order chi connectivity index (χ0) is 17.2. The van der Waals surface area contributed by atoms with Crippen molar-refractivity contribution in [3.63, 3.8) is 0 Å². The normalized spacial score (nSPS) is 13.8. The molecule has 0 bridgehead atoms. The van der Waals surface area contributed by atoms with Gasteiger partial charge in [-0.1, -0.05) is 6.07 Å². The molecule has 4 rings (SSSR count). The van der Waals surface area contributed by atoms with Gasteiger partial charge in [0.05, 0.1) is 0 Å². The Morgan fingerprint density at radius 2 is 1.75 bits per heavy atom. The lowest BCUT2D eigenvalue weighted by molar-refractivity contribution is 0.700. The molecular formula is C17H19N5O2. The van der Waals surface area contributed by atoms with Crippen LogP contribution >= 0.6 is 0 Å². The molecule has 24 heavy (non-hydrogen) atoms. The van der Waals surface area contributed by atoms with Crippen molar-refractivity contribution >= 4 is 22.8 Å². The molecule has 1 aliphatic heterocycles. The zero-order valence-corrected chi connectivity index (χ0v) is 14.2. The topological polar surface area (TPSA) is 65.1 Å². The molecule has 7 nitrogen and oxygen atoms in total. The van der Waals surface area contributed by atoms with Gasteiger partial charge in [0.1, 0.15) is 0 Å². The van der Waals surface area contributed by atoms with Gasteiger partial charge in [-0.15, -0.1) is 0 Å². The number of fused-ring (bicyclic) bond motifs is 3. The second kappa shape index (κ2) is 4.83. The van der Waals surface area contributed by atoms with Crippen LogP contribution in [0.15, 0.2) is 27.8 Å². The number of hydrogen-bond donors (Lipinski definition) is 0. The van der Waals surface area contributed by atoms with Crippen LogP contribution in [-0.2, 0) is 20.6 Å². The largest absolute Gasteiger partial charge is 0.332 e. The van der Waals surface area contributed by atoms with E-state index in [0.717, 1.165) is 16.8 Å². The fraction of sp³-hybridized carbons (Fsp3) is 0.353. The second-order valence-electron chi connectivity index (χ2n) is 6.36. The van der Waals surface area contributed by atoms with Crippen LogP contribution < -0.4 is 16.1 Å². The molecule has 0 amide bonds. The SMILES string of the molecule is Cc1ccc(N2CCn3c2nc2c3c(=O)n(C)c(=O)n2C)cc1C. The van der Waals surface area contributed by atoms with E-state index in [4.69, 9.17) is 0 Å². The average molecular weight is 325 g/mol. The van der Waals surface area contributed by atoms with Crippen molar-refractivity contribution in [1.82, 2.24) is 18.7 Å². The maximum absolute atomic E-state index is 12.5. The van der Waals surface area contributed by atoms with E-state index in [2.05, 4.69) is 41.9 Å². The lowest BCUT2D eigenvalue weighted by atomic mass is 10.1. The molecule has 1 aliphatic rings. The van der Waals surface area contributed by atoms with Gasteiger partial charge in [-0.25, -0.2) is 4.79 Å². The van der Waals surface area contributed by atoms with Crippen LogP contribution in [0, 0.1) is 13.8 Å². The molecule has 0 saturated carbocycles. The quantitative estimate of drug-likeness (QED) is 0.674. The highest BCUT2D eigenvalue weighted by molar-refractivity contribution is 5.77. The maximum Gasteiger partial charge on any atom is 0.332 e. The molecule has 0 saturated heterocycles. The number of aromatic nitrogens is 4. The van der Waals surface area contributed by atoms with Crippen LogP contribution in [0.25, 0.3) is 11.2 Å². The van der Waals surface area contributed by atoms with E-state index in [-0.39, 0.29) is 11.2 Å². The number of benzene rings is 1. The van der Waals surface area contributed by atoms with Gasteiger partial charge in [0.25, 0.3) is 5.56 Å². The van der Waals surface area contributed by atoms with Crippen molar-refractivity contribution in [1.29, 1.82) is 0 Å². The highest BCUT2D eigenvalue weighted by Crippen LogP contribution is 2.32. The smallest absolute Gasteiger partial charge is 0.310 e. The number of aryl methyl sites for hydroxylation is 3. The number of anilines is 2.